The third-order valence-electron chi connectivity index (χ3n) is 6.76. The van der Waals surface area contributed by atoms with Crippen LogP contribution in [-0.4, -0.2) is 36.6 Å². The van der Waals surface area contributed by atoms with Crippen LogP contribution in [0.3, 0.4) is 0 Å². The van der Waals surface area contributed by atoms with Gasteiger partial charge in [-0.15, -0.1) is 0 Å². The first kappa shape index (κ1) is 23.0. The van der Waals surface area contributed by atoms with E-state index in [1.807, 2.05) is 24.3 Å². The Morgan fingerprint density at radius 1 is 0.946 bits per heavy atom. The van der Waals surface area contributed by atoms with Crippen molar-refractivity contribution in [2.45, 2.75) is 19.8 Å². The summed E-state index contributed by atoms with van der Waals surface area (Å²) >= 11 is 0. The number of aryl methyl sites for hydroxylation is 1. The van der Waals surface area contributed by atoms with E-state index in [2.05, 4.69) is 37.3 Å². The number of ether oxygens (including phenoxy) is 3. The SMILES string of the molecule is Cc1ccc(C=C2CCc3c2nc2ccccc2c3C(=O)OCC(=O)c2ccc3c(c2)OCCO3)cc1. The van der Waals surface area contributed by atoms with Crippen LogP contribution in [0, 0.1) is 6.92 Å². The summed E-state index contributed by atoms with van der Waals surface area (Å²) in [5, 5.41) is 0.731. The van der Waals surface area contributed by atoms with E-state index in [9.17, 15) is 9.59 Å². The number of Topliss-reactive ketones (excluding diaryl/α,β-unsaturated/α-hetero) is 1. The number of nitrogens with zero attached hydrogens (tertiary/aromatic N) is 1. The van der Waals surface area contributed by atoms with Crippen LogP contribution in [0.1, 0.15) is 49.5 Å². The van der Waals surface area contributed by atoms with Gasteiger partial charge in [-0.05, 0) is 66.8 Å². The standard InChI is InChI=1S/C31H25NO5/c1-19-6-8-20(9-7-19)16-22-10-12-24-29(23-4-2-3-5-25(23)32-30(22)24)31(34)37-18-26(33)21-11-13-27-28(17-21)36-15-14-35-27/h2-9,11,13,16-17H,10,12,14-15,18H2,1H3. The number of pyridine rings is 1. The van der Waals surface area contributed by atoms with Crippen LogP contribution < -0.4 is 9.47 Å². The zero-order valence-electron chi connectivity index (χ0n) is 20.5. The van der Waals surface area contributed by atoms with E-state index in [4.69, 9.17) is 19.2 Å². The molecule has 37 heavy (non-hydrogen) atoms. The number of esters is 1. The summed E-state index contributed by atoms with van der Waals surface area (Å²) < 4.78 is 16.7. The van der Waals surface area contributed by atoms with Gasteiger partial charge in [-0.1, -0.05) is 48.0 Å². The summed E-state index contributed by atoms with van der Waals surface area (Å²) in [5.74, 6) is 0.306. The van der Waals surface area contributed by atoms with E-state index in [1.165, 1.54) is 5.56 Å². The van der Waals surface area contributed by atoms with Gasteiger partial charge in [0.1, 0.15) is 13.2 Å². The highest BCUT2D eigenvalue weighted by molar-refractivity contribution is 6.08. The molecule has 0 saturated carbocycles. The van der Waals surface area contributed by atoms with Crippen molar-refractivity contribution in [2.75, 3.05) is 19.8 Å². The number of para-hydroxylation sites is 1. The molecule has 6 heteroatoms. The van der Waals surface area contributed by atoms with Crippen molar-refractivity contribution in [1.29, 1.82) is 0 Å². The second-order valence-corrected chi connectivity index (χ2v) is 9.27. The molecule has 0 amide bonds. The normalized spacial score (nSPS) is 15.0. The molecule has 1 aliphatic heterocycles. The van der Waals surface area contributed by atoms with Gasteiger partial charge in [0, 0.05) is 10.9 Å². The Bertz CT molecular complexity index is 1570. The highest BCUT2D eigenvalue weighted by atomic mass is 16.6. The van der Waals surface area contributed by atoms with E-state index in [0.29, 0.717) is 42.3 Å². The first-order valence-corrected chi connectivity index (χ1v) is 12.4. The van der Waals surface area contributed by atoms with Gasteiger partial charge in [0.05, 0.1) is 16.8 Å². The van der Waals surface area contributed by atoms with E-state index in [1.54, 1.807) is 18.2 Å². The Kier molecular flexibility index (Phi) is 5.93. The van der Waals surface area contributed by atoms with E-state index < -0.39 is 5.97 Å². The Balaban J connectivity index is 1.29. The summed E-state index contributed by atoms with van der Waals surface area (Å²) in [6.07, 6.45) is 3.60. The van der Waals surface area contributed by atoms with Crippen LogP contribution in [0.2, 0.25) is 0 Å². The number of carbonyl (C=O) groups is 2. The van der Waals surface area contributed by atoms with Gasteiger partial charge in [-0.2, -0.15) is 0 Å². The van der Waals surface area contributed by atoms with Crippen LogP contribution in [0.15, 0.2) is 66.7 Å². The predicted octanol–water partition coefficient (Wildman–Crippen LogP) is 5.84. The average molecular weight is 492 g/mol. The lowest BCUT2D eigenvalue weighted by molar-refractivity contribution is 0.0475. The lowest BCUT2D eigenvalue weighted by Crippen LogP contribution is -2.18. The summed E-state index contributed by atoms with van der Waals surface area (Å²) in [5.41, 5.74) is 6.70. The van der Waals surface area contributed by atoms with Crippen LogP contribution in [0.4, 0.5) is 0 Å². The van der Waals surface area contributed by atoms with Crippen LogP contribution in [-0.2, 0) is 11.2 Å². The fourth-order valence-electron chi connectivity index (χ4n) is 4.88. The number of hydrogen-bond donors (Lipinski definition) is 0. The second kappa shape index (κ2) is 9.54. The van der Waals surface area contributed by atoms with Crippen molar-refractivity contribution in [3.05, 3.63) is 100 Å². The van der Waals surface area contributed by atoms with Crippen LogP contribution in [0.25, 0.3) is 22.6 Å². The van der Waals surface area contributed by atoms with Crippen molar-refractivity contribution in [2.24, 2.45) is 0 Å². The van der Waals surface area contributed by atoms with E-state index in [0.717, 1.165) is 39.7 Å². The lowest BCUT2D eigenvalue weighted by atomic mass is 10.0. The third kappa shape index (κ3) is 4.47. The number of allylic oxidation sites excluding steroid dienone is 1. The third-order valence-corrected chi connectivity index (χ3v) is 6.76. The van der Waals surface area contributed by atoms with Gasteiger partial charge in [0.15, 0.2) is 23.9 Å². The molecule has 1 aliphatic carbocycles. The second-order valence-electron chi connectivity index (χ2n) is 9.27. The molecule has 0 spiro atoms. The monoisotopic (exact) mass is 491 g/mol. The molecule has 6 rings (SSSR count). The van der Waals surface area contributed by atoms with Gasteiger partial charge in [-0.3, -0.25) is 4.79 Å². The fourth-order valence-corrected chi connectivity index (χ4v) is 4.88. The first-order valence-electron chi connectivity index (χ1n) is 12.4. The highest BCUT2D eigenvalue weighted by Crippen LogP contribution is 2.38. The summed E-state index contributed by atoms with van der Waals surface area (Å²) in [7, 11) is 0. The molecule has 2 aliphatic rings. The van der Waals surface area contributed by atoms with Crippen LogP contribution >= 0.6 is 0 Å². The number of aromatic nitrogens is 1. The van der Waals surface area contributed by atoms with Gasteiger partial charge in [0.25, 0.3) is 0 Å². The molecule has 0 fully saturated rings. The molecule has 3 aromatic carbocycles. The number of rotatable bonds is 5. The maximum Gasteiger partial charge on any atom is 0.339 e. The number of fused-ring (bicyclic) bond motifs is 3. The molecule has 0 bridgehead atoms. The fraction of sp³-hybridized carbons (Fsp3) is 0.194. The molecule has 0 atom stereocenters. The molecule has 0 unspecified atom stereocenters. The summed E-state index contributed by atoms with van der Waals surface area (Å²) in [4.78, 5) is 31.2. The van der Waals surface area contributed by atoms with Crippen molar-refractivity contribution >= 4 is 34.3 Å². The Hall–Kier alpha value is -4.45. The molecule has 0 saturated heterocycles. The zero-order valence-corrected chi connectivity index (χ0v) is 20.5. The molecule has 0 radical (unpaired) electrons. The first-order chi connectivity index (χ1) is 18.1. The molecule has 2 heterocycles. The molecule has 184 valence electrons. The highest BCUT2D eigenvalue weighted by Gasteiger charge is 2.28. The maximum absolute atomic E-state index is 13.4. The Morgan fingerprint density at radius 2 is 1.73 bits per heavy atom. The lowest BCUT2D eigenvalue weighted by Gasteiger charge is -2.18. The molecule has 1 aromatic heterocycles. The Morgan fingerprint density at radius 3 is 2.57 bits per heavy atom. The molecular formula is C31H25NO5. The van der Waals surface area contributed by atoms with Gasteiger partial charge < -0.3 is 14.2 Å². The van der Waals surface area contributed by atoms with Crippen molar-refractivity contribution in [3.63, 3.8) is 0 Å². The molecule has 0 N–H and O–H groups in total. The number of ketones is 1. The molecule has 4 aromatic rings. The van der Waals surface area contributed by atoms with Gasteiger partial charge in [-0.25, -0.2) is 9.78 Å². The van der Waals surface area contributed by atoms with Crippen molar-refractivity contribution in [3.8, 4) is 11.5 Å². The smallest absolute Gasteiger partial charge is 0.339 e. The molecule has 6 nitrogen and oxygen atoms in total. The van der Waals surface area contributed by atoms with Crippen LogP contribution in [0.5, 0.6) is 11.5 Å². The maximum atomic E-state index is 13.4. The zero-order chi connectivity index (χ0) is 25.4. The van der Waals surface area contributed by atoms with E-state index >= 15 is 0 Å². The minimum atomic E-state index is -0.516. The number of carbonyl (C=O) groups excluding carboxylic acids is 2. The minimum Gasteiger partial charge on any atom is -0.486 e. The largest absolute Gasteiger partial charge is 0.486 e. The number of hydrogen-bond acceptors (Lipinski definition) is 6. The van der Waals surface area contributed by atoms with E-state index in [-0.39, 0.29) is 12.4 Å². The quantitative estimate of drug-likeness (QED) is 0.258. The minimum absolute atomic E-state index is 0.305. The Labute approximate surface area is 214 Å². The summed E-state index contributed by atoms with van der Waals surface area (Å²) in [6, 6.07) is 20.9. The van der Waals surface area contributed by atoms with Gasteiger partial charge >= 0.3 is 5.97 Å². The predicted molar refractivity (Wildman–Crippen MR) is 141 cm³/mol. The topological polar surface area (TPSA) is 74.7 Å². The van der Waals surface area contributed by atoms with Crippen molar-refractivity contribution in [1.82, 2.24) is 4.98 Å². The number of benzene rings is 3. The van der Waals surface area contributed by atoms with Crippen molar-refractivity contribution < 1.29 is 23.8 Å². The summed E-state index contributed by atoms with van der Waals surface area (Å²) in [6.45, 7) is 2.60. The molecular weight excluding hydrogens is 466 g/mol. The average Bonchev–Trinajstić information content (AvgIpc) is 3.32. The van der Waals surface area contributed by atoms with Gasteiger partial charge in [0.2, 0.25) is 0 Å².